The maximum Gasteiger partial charge on any atom is 0.362 e. The Labute approximate surface area is 149 Å². The van der Waals surface area contributed by atoms with Gasteiger partial charge in [-0.3, -0.25) is 4.79 Å². The molecule has 0 unspecified atom stereocenters. The van der Waals surface area contributed by atoms with Gasteiger partial charge in [-0.15, -0.1) is 0 Å². The third kappa shape index (κ3) is 3.91. The Morgan fingerprint density at radius 3 is 2.62 bits per heavy atom. The number of benzene rings is 1. The van der Waals surface area contributed by atoms with E-state index in [2.05, 4.69) is 0 Å². The number of aryl methyl sites for hydroxylation is 1. The van der Waals surface area contributed by atoms with Crippen LogP contribution in [-0.2, 0) is 11.8 Å². The van der Waals surface area contributed by atoms with Gasteiger partial charge < -0.3 is 10.1 Å². The number of nitrogens with one attached hydrogen (secondary N) is 1. The van der Waals surface area contributed by atoms with Gasteiger partial charge in [0.2, 0.25) is 0 Å². The van der Waals surface area contributed by atoms with E-state index in [1.54, 1.807) is 23.2 Å². The summed E-state index contributed by atoms with van der Waals surface area (Å²) < 4.78 is 26.6. The van der Waals surface area contributed by atoms with E-state index in [4.69, 9.17) is 23.2 Å². The highest BCUT2D eigenvalue weighted by atomic mass is 35.5. The lowest BCUT2D eigenvalue weighted by atomic mass is 10.2. The van der Waals surface area contributed by atoms with Crippen molar-refractivity contribution in [2.24, 2.45) is 0 Å². The zero-order valence-corrected chi connectivity index (χ0v) is 14.5. The van der Waals surface area contributed by atoms with Crippen molar-refractivity contribution in [3.05, 3.63) is 56.5 Å². The van der Waals surface area contributed by atoms with Crippen molar-refractivity contribution in [1.29, 1.82) is 0 Å². The largest absolute Gasteiger partial charge is 0.477 e. The van der Waals surface area contributed by atoms with E-state index in [0.717, 1.165) is 23.4 Å². The van der Waals surface area contributed by atoms with E-state index in [1.165, 1.54) is 0 Å². The first kappa shape index (κ1) is 18.8. The fraction of sp³-hybridized carbons (Fsp3) is 0.200. The lowest BCUT2D eigenvalue weighted by Crippen LogP contribution is -2.23. The molecule has 0 radical (unpaired) electrons. The Kier molecular flexibility index (Phi) is 5.57. The summed E-state index contributed by atoms with van der Waals surface area (Å²) in [6.07, 6.45) is 0.590. The van der Waals surface area contributed by atoms with Gasteiger partial charge >= 0.3 is 11.4 Å². The molecular weight excluding hydrogens is 383 g/mol. The van der Waals surface area contributed by atoms with Crippen LogP contribution in [0.15, 0.2) is 38.9 Å². The molecule has 0 saturated heterocycles. The molecule has 1 aromatic carbocycles. The van der Waals surface area contributed by atoms with Crippen LogP contribution >= 0.6 is 35.0 Å². The topological polar surface area (TPSA) is 70.2 Å². The maximum absolute atomic E-state index is 13.3. The van der Waals surface area contributed by atoms with Crippen LogP contribution in [0, 0.1) is 0 Å². The summed E-state index contributed by atoms with van der Waals surface area (Å²) in [6.45, 7) is 1.87. The number of carboxylic acid groups (broad SMARTS) is 1. The molecule has 4 nitrogen and oxygen atoms in total. The van der Waals surface area contributed by atoms with Gasteiger partial charge in [0, 0.05) is 9.79 Å². The molecular formula is C15H11Cl2F2NO3S. The Morgan fingerprint density at radius 2 is 2.08 bits per heavy atom. The van der Waals surface area contributed by atoms with Crippen LogP contribution in [0.25, 0.3) is 0 Å². The molecule has 0 aliphatic rings. The minimum atomic E-state index is -3.83. The van der Waals surface area contributed by atoms with Crippen molar-refractivity contribution in [1.82, 2.24) is 4.98 Å². The second-order valence-corrected chi connectivity index (χ2v) is 6.67. The van der Waals surface area contributed by atoms with Crippen LogP contribution in [0.5, 0.6) is 0 Å². The zero-order valence-electron chi connectivity index (χ0n) is 12.2. The normalized spacial score (nSPS) is 11.5. The SMILES string of the molecule is CCc1cccc(Cl)c1Sc1cc(C(F)(F)Cl)[nH]c(=O)c1C(=O)O. The van der Waals surface area contributed by atoms with Crippen LogP contribution in [0.3, 0.4) is 0 Å². The van der Waals surface area contributed by atoms with Crippen molar-refractivity contribution in [3.8, 4) is 0 Å². The molecule has 0 aliphatic carbocycles. The number of rotatable bonds is 5. The summed E-state index contributed by atoms with van der Waals surface area (Å²) in [4.78, 5) is 25.4. The van der Waals surface area contributed by atoms with Crippen LogP contribution in [0.1, 0.15) is 28.5 Å². The predicted octanol–water partition coefficient (Wildman–Crippen LogP) is 4.73. The minimum absolute atomic E-state index is 0.163. The second-order valence-electron chi connectivity index (χ2n) is 4.74. The lowest BCUT2D eigenvalue weighted by Gasteiger charge is -2.14. The van der Waals surface area contributed by atoms with Crippen molar-refractivity contribution >= 4 is 40.9 Å². The molecule has 2 N–H and O–H groups in total. The quantitative estimate of drug-likeness (QED) is 0.720. The van der Waals surface area contributed by atoms with Crippen LogP contribution in [-0.4, -0.2) is 16.1 Å². The van der Waals surface area contributed by atoms with Gasteiger partial charge in [-0.1, -0.05) is 42.4 Å². The van der Waals surface area contributed by atoms with Gasteiger partial charge in [0.25, 0.3) is 5.56 Å². The molecule has 2 aromatic rings. The van der Waals surface area contributed by atoms with E-state index < -0.39 is 28.2 Å². The smallest absolute Gasteiger partial charge is 0.362 e. The fourth-order valence-electron chi connectivity index (χ4n) is 2.03. The summed E-state index contributed by atoms with van der Waals surface area (Å²) in [5.74, 6) is -1.53. The number of hydrogen-bond donors (Lipinski definition) is 2. The van der Waals surface area contributed by atoms with E-state index in [0.29, 0.717) is 16.3 Å². The predicted molar refractivity (Wildman–Crippen MR) is 88.7 cm³/mol. The average Bonchev–Trinajstić information content (AvgIpc) is 2.47. The van der Waals surface area contributed by atoms with Crippen molar-refractivity contribution in [3.63, 3.8) is 0 Å². The highest BCUT2D eigenvalue weighted by Crippen LogP contribution is 2.39. The van der Waals surface area contributed by atoms with E-state index >= 15 is 0 Å². The molecule has 0 amide bonds. The number of alkyl halides is 3. The summed E-state index contributed by atoms with van der Waals surface area (Å²) in [6, 6.07) is 5.94. The van der Waals surface area contributed by atoms with Crippen molar-refractivity contribution < 1.29 is 18.7 Å². The standard InChI is InChI=1S/C15H11Cl2F2NO3S/c1-2-7-4-3-5-8(16)12(7)24-9-6-10(15(17,18)19)20-13(21)11(9)14(22)23/h3-6H,2H2,1H3,(H,20,21)(H,22,23). The van der Waals surface area contributed by atoms with Gasteiger partial charge in [0.1, 0.15) is 11.3 Å². The van der Waals surface area contributed by atoms with Gasteiger partial charge in [0.15, 0.2) is 0 Å². The van der Waals surface area contributed by atoms with E-state index in [1.807, 2.05) is 6.92 Å². The fourth-order valence-corrected chi connectivity index (χ4v) is 3.63. The minimum Gasteiger partial charge on any atom is -0.477 e. The molecule has 0 aliphatic heterocycles. The van der Waals surface area contributed by atoms with Crippen LogP contribution < -0.4 is 5.56 Å². The van der Waals surface area contributed by atoms with Crippen molar-refractivity contribution in [2.75, 3.05) is 0 Å². The Balaban J connectivity index is 2.67. The second kappa shape index (κ2) is 7.13. The lowest BCUT2D eigenvalue weighted by molar-refractivity contribution is 0.0686. The molecule has 1 heterocycles. The molecule has 0 fully saturated rings. The summed E-state index contributed by atoms with van der Waals surface area (Å²) >= 11 is 11.9. The number of aromatic amines is 1. The summed E-state index contributed by atoms with van der Waals surface area (Å²) in [5, 5.41) is 5.72. The molecule has 2 rings (SSSR count). The van der Waals surface area contributed by atoms with Crippen molar-refractivity contribution in [2.45, 2.75) is 28.5 Å². The van der Waals surface area contributed by atoms with E-state index in [9.17, 15) is 23.5 Å². The molecule has 128 valence electrons. The molecule has 0 bridgehead atoms. The van der Waals surface area contributed by atoms with Gasteiger partial charge in [-0.25, -0.2) is 4.79 Å². The molecule has 0 atom stereocenters. The summed E-state index contributed by atoms with van der Waals surface area (Å²) in [7, 11) is 0. The third-order valence-electron chi connectivity index (χ3n) is 3.16. The Morgan fingerprint density at radius 1 is 1.42 bits per heavy atom. The number of aromatic nitrogens is 1. The molecule has 1 aromatic heterocycles. The Bertz CT molecular complexity index is 850. The number of halogens is 4. The number of carbonyl (C=O) groups is 1. The molecule has 9 heteroatoms. The Hall–Kier alpha value is -1.57. The number of H-pyrrole nitrogens is 1. The number of aromatic carboxylic acids is 1. The maximum atomic E-state index is 13.3. The van der Waals surface area contributed by atoms with Crippen LogP contribution in [0.4, 0.5) is 8.78 Å². The molecule has 24 heavy (non-hydrogen) atoms. The first-order chi connectivity index (χ1) is 11.1. The monoisotopic (exact) mass is 393 g/mol. The molecule has 0 spiro atoms. The van der Waals surface area contributed by atoms with E-state index in [-0.39, 0.29) is 4.90 Å². The molecule has 0 saturated carbocycles. The van der Waals surface area contributed by atoms with Gasteiger partial charge in [-0.05, 0) is 35.7 Å². The zero-order chi connectivity index (χ0) is 18.1. The first-order valence-electron chi connectivity index (χ1n) is 6.68. The van der Waals surface area contributed by atoms with Crippen LogP contribution in [0.2, 0.25) is 5.02 Å². The number of pyridine rings is 1. The van der Waals surface area contributed by atoms with Gasteiger partial charge in [0.05, 0.1) is 5.02 Å². The number of carboxylic acids is 1. The highest BCUT2D eigenvalue weighted by Gasteiger charge is 2.32. The van der Waals surface area contributed by atoms with Gasteiger partial charge in [-0.2, -0.15) is 8.78 Å². The summed E-state index contributed by atoms with van der Waals surface area (Å²) in [5.41, 5.74) is -1.89. The average molecular weight is 394 g/mol. The number of hydrogen-bond acceptors (Lipinski definition) is 3. The third-order valence-corrected chi connectivity index (χ3v) is 5.02. The first-order valence-corrected chi connectivity index (χ1v) is 8.25. The highest BCUT2D eigenvalue weighted by molar-refractivity contribution is 7.99.